The van der Waals surface area contributed by atoms with Gasteiger partial charge in [-0.1, -0.05) is 32.3 Å². The first kappa shape index (κ1) is 12.1. The Morgan fingerprint density at radius 3 is 2.80 bits per heavy atom. The van der Waals surface area contributed by atoms with Gasteiger partial charge in [-0.15, -0.1) is 0 Å². The number of rotatable bonds is 6. The number of hydrogen-bond acceptors (Lipinski definition) is 2. The fourth-order valence-electron chi connectivity index (χ4n) is 1.45. The number of hydrogen-bond donors (Lipinski definition) is 1. The maximum absolute atomic E-state index is 9.62. The van der Waals surface area contributed by atoms with Crippen molar-refractivity contribution in [2.75, 3.05) is 0 Å². The van der Waals surface area contributed by atoms with E-state index >= 15 is 0 Å². The average molecular weight is 208 g/mol. The third kappa shape index (κ3) is 4.84. The van der Waals surface area contributed by atoms with Gasteiger partial charge in [0.15, 0.2) is 0 Å². The maximum Gasteiger partial charge on any atom is 0.126 e. The molecule has 0 saturated heterocycles. The molecule has 0 fully saturated rings. The molecule has 1 rings (SSSR count). The van der Waals surface area contributed by atoms with Crippen molar-refractivity contribution in [1.82, 2.24) is 0 Å². The lowest BCUT2D eigenvalue weighted by Crippen LogP contribution is -2.00. The van der Waals surface area contributed by atoms with Gasteiger partial charge in [0.05, 0.1) is 6.10 Å². The van der Waals surface area contributed by atoms with Crippen molar-refractivity contribution in [1.29, 1.82) is 0 Å². The van der Waals surface area contributed by atoms with Gasteiger partial charge in [0.1, 0.15) is 11.5 Å². The molecule has 1 unspecified atom stereocenters. The van der Waals surface area contributed by atoms with Crippen LogP contribution in [-0.4, -0.2) is 11.2 Å². The van der Waals surface area contributed by atoms with Crippen molar-refractivity contribution in [3.63, 3.8) is 0 Å². The van der Waals surface area contributed by atoms with Crippen LogP contribution in [0.5, 0.6) is 0 Å². The van der Waals surface area contributed by atoms with Crippen LogP contribution in [0.4, 0.5) is 0 Å². The maximum atomic E-state index is 9.62. The summed E-state index contributed by atoms with van der Waals surface area (Å²) in [6.07, 6.45) is 7.58. The molecule has 0 bridgehead atoms. The van der Waals surface area contributed by atoms with E-state index in [0.29, 0.717) is 0 Å². The molecule has 15 heavy (non-hydrogen) atoms. The van der Waals surface area contributed by atoms with E-state index in [1.807, 2.05) is 25.1 Å². The summed E-state index contributed by atoms with van der Waals surface area (Å²) in [5.41, 5.74) is 0. The van der Waals surface area contributed by atoms with Crippen LogP contribution in [0.2, 0.25) is 0 Å². The SMILES string of the molecule is CCCCCC(O)C=Cc1ccc(C)o1. The summed E-state index contributed by atoms with van der Waals surface area (Å²) in [6.45, 7) is 4.07. The first-order chi connectivity index (χ1) is 7.22. The third-order valence-corrected chi connectivity index (χ3v) is 2.35. The lowest BCUT2D eigenvalue weighted by Gasteiger charge is -2.03. The lowest BCUT2D eigenvalue weighted by molar-refractivity contribution is 0.209. The second kappa shape index (κ2) is 6.46. The van der Waals surface area contributed by atoms with Gasteiger partial charge in [0.2, 0.25) is 0 Å². The van der Waals surface area contributed by atoms with Crippen molar-refractivity contribution < 1.29 is 9.52 Å². The normalized spacial score (nSPS) is 13.5. The van der Waals surface area contributed by atoms with E-state index < -0.39 is 0 Å². The molecule has 1 heterocycles. The molecule has 0 aromatic carbocycles. The fourth-order valence-corrected chi connectivity index (χ4v) is 1.45. The van der Waals surface area contributed by atoms with E-state index in [-0.39, 0.29) is 6.10 Å². The smallest absolute Gasteiger partial charge is 0.126 e. The summed E-state index contributed by atoms with van der Waals surface area (Å²) in [5.74, 6) is 1.71. The average Bonchev–Trinajstić information content (AvgIpc) is 2.62. The van der Waals surface area contributed by atoms with Crippen molar-refractivity contribution >= 4 is 6.08 Å². The van der Waals surface area contributed by atoms with E-state index in [1.165, 1.54) is 12.8 Å². The van der Waals surface area contributed by atoms with Gasteiger partial charge in [-0.25, -0.2) is 0 Å². The monoisotopic (exact) mass is 208 g/mol. The topological polar surface area (TPSA) is 33.4 Å². The zero-order valence-corrected chi connectivity index (χ0v) is 9.57. The molecule has 1 atom stereocenters. The number of furan rings is 1. The number of aliphatic hydroxyl groups is 1. The molecule has 0 saturated carbocycles. The zero-order valence-electron chi connectivity index (χ0n) is 9.57. The second-order valence-corrected chi connectivity index (χ2v) is 3.87. The van der Waals surface area contributed by atoms with Gasteiger partial charge in [0.25, 0.3) is 0 Å². The largest absolute Gasteiger partial charge is 0.462 e. The van der Waals surface area contributed by atoms with Crippen LogP contribution in [0.3, 0.4) is 0 Å². The van der Waals surface area contributed by atoms with Gasteiger partial charge in [-0.2, -0.15) is 0 Å². The van der Waals surface area contributed by atoms with Crippen LogP contribution in [0.15, 0.2) is 22.6 Å². The molecule has 1 N–H and O–H groups in total. The Hall–Kier alpha value is -1.02. The van der Waals surface area contributed by atoms with Gasteiger partial charge >= 0.3 is 0 Å². The molecule has 84 valence electrons. The highest BCUT2D eigenvalue weighted by molar-refractivity contribution is 5.43. The Balaban J connectivity index is 2.30. The minimum absolute atomic E-state index is 0.345. The molecule has 0 aliphatic carbocycles. The minimum Gasteiger partial charge on any atom is -0.462 e. The van der Waals surface area contributed by atoms with Crippen molar-refractivity contribution in [2.24, 2.45) is 0 Å². The predicted octanol–water partition coefficient (Wildman–Crippen LogP) is 3.54. The number of unbranched alkanes of at least 4 members (excludes halogenated alkanes) is 2. The fraction of sp³-hybridized carbons (Fsp3) is 0.538. The molecule has 0 aliphatic heterocycles. The molecule has 1 aromatic heterocycles. The third-order valence-electron chi connectivity index (χ3n) is 2.35. The zero-order chi connectivity index (χ0) is 11.1. The molecule has 0 radical (unpaired) electrons. The minimum atomic E-state index is -0.345. The Kier molecular flexibility index (Phi) is 5.19. The number of aryl methyl sites for hydroxylation is 1. The Morgan fingerprint density at radius 2 is 2.20 bits per heavy atom. The van der Waals surface area contributed by atoms with E-state index in [1.54, 1.807) is 6.08 Å². The highest BCUT2D eigenvalue weighted by Gasteiger charge is 1.99. The van der Waals surface area contributed by atoms with Crippen molar-refractivity contribution in [3.8, 4) is 0 Å². The van der Waals surface area contributed by atoms with E-state index in [4.69, 9.17) is 4.42 Å². The van der Waals surface area contributed by atoms with Crippen LogP contribution in [0.1, 0.15) is 44.1 Å². The summed E-state index contributed by atoms with van der Waals surface area (Å²) < 4.78 is 5.36. The van der Waals surface area contributed by atoms with Gasteiger partial charge in [-0.3, -0.25) is 0 Å². The lowest BCUT2D eigenvalue weighted by atomic mass is 10.1. The predicted molar refractivity (Wildman–Crippen MR) is 62.6 cm³/mol. The van der Waals surface area contributed by atoms with Crippen LogP contribution >= 0.6 is 0 Å². The number of aliphatic hydroxyl groups excluding tert-OH is 1. The molecule has 0 amide bonds. The van der Waals surface area contributed by atoms with E-state index in [2.05, 4.69) is 6.92 Å². The summed E-state index contributed by atoms with van der Waals surface area (Å²) in [6, 6.07) is 3.83. The molecule has 1 aromatic rings. The van der Waals surface area contributed by atoms with E-state index in [9.17, 15) is 5.11 Å². The van der Waals surface area contributed by atoms with Gasteiger partial charge < -0.3 is 9.52 Å². The Morgan fingerprint density at radius 1 is 1.40 bits per heavy atom. The van der Waals surface area contributed by atoms with Crippen LogP contribution < -0.4 is 0 Å². The Labute approximate surface area is 91.6 Å². The summed E-state index contributed by atoms with van der Waals surface area (Å²) in [7, 11) is 0. The highest BCUT2D eigenvalue weighted by Crippen LogP contribution is 2.10. The van der Waals surface area contributed by atoms with Crippen LogP contribution in [0.25, 0.3) is 6.08 Å². The van der Waals surface area contributed by atoms with Gasteiger partial charge in [0, 0.05) is 0 Å². The Bertz CT molecular complexity index is 299. The molecule has 0 aliphatic rings. The van der Waals surface area contributed by atoms with Crippen LogP contribution in [-0.2, 0) is 0 Å². The first-order valence-corrected chi connectivity index (χ1v) is 5.65. The summed E-state index contributed by atoms with van der Waals surface area (Å²) in [4.78, 5) is 0. The highest BCUT2D eigenvalue weighted by atomic mass is 16.3. The molecular formula is C13H20O2. The van der Waals surface area contributed by atoms with Crippen molar-refractivity contribution in [2.45, 2.75) is 45.6 Å². The first-order valence-electron chi connectivity index (χ1n) is 5.65. The molecular weight excluding hydrogens is 188 g/mol. The molecule has 0 spiro atoms. The summed E-state index contributed by atoms with van der Waals surface area (Å²) >= 11 is 0. The second-order valence-electron chi connectivity index (χ2n) is 3.87. The summed E-state index contributed by atoms with van der Waals surface area (Å²) in [5, 5.41) is 9.62. The van der Waals surface area contributed by atoms with Crippen LogP contribution in [0, 0.1) is 6.92 Å². The molecule has 2 nitrogen and oxygen atoms in total. The van der Waals surface area contributed by atoms with E-state index in [0.717, 1.165) is 24.4 Å². The quantitative estimate of drug-likeness (QED) is 0.725. The standard InChI is InChI=1S/C13H20O2/c1-3-4-5-6-12(14)8-10-13-9-7-11(2)15-13/h7-10,12,14H,3-6H2,1-2H3. The van der Waals surface area contributed by atoms with Crippen molar-refractivity contribution in [3.05, 3.63) is 29.7 Å². The van der Waals surface area contributed by atoms with Gasteiger partial charge in [-0.05, 0) is 31.6 Å². The molecule has 2 heteroatoms.